The first-order chi connectivity index (χ1) is 8.99. The van der Waals surface area contributed by atoms with Gasteiger partial charge in [0, 0.05) is 6.42 Å². The zero-order valence-corrected chi connectivity index (χ0v) is 11.5. The third-order valence-electron chi connectivity index (χ3n) is 2.12. The van der Waals surface area contributed by atoms with Gasteiger partial charge in [-0.3, -0.25) is 9.59 Å². The Morgan fingerprint density at radius 3 is 2.63 bits per heavy atom. The Hall–Kier alpha value is -1.54. The maximum atomic E-state index is 11.6. The molecule has 1 rings (SSSR count). The highest BCUT2D eigenvalue weighted by Crippen LogP contribution is 2.22. The van der Waals surface area contributed by atoms with Crippen LogP contribution in [0.3, 0.4) is 0 Å². The first-order valence-electron chi connectivity index (χ1n) is 5.39. The molecule has 0 saturated heterocycles. The van der Waals surface area contributed by atoms with E-state index in [4.69, 9.17) is 10.2 Å². The van der Waals surface area contributed by atoms with Crippen molar-refractivity contribution in [2.75, 3.05) is 5.75 Å². The van der Waals surface area contributed by atoms with E-state index in [1.807, 2.05) is 17.5 Å². The third-order valence-corrected chi connectivity index (χ3v) is 4.25. The standard InChI is InChI=1S/C11H13NO5S2/c13-8(6-19-10-2-1-5-18-10)12-7(11(16)17)3-4-9(14)15/h1-2,5,7H,3-4,6H2,(H,12,13)(H,14,15)(H,16,17). The number of rotatable bonds is 8. The number of carboxylic acids is 2. The van der Waals surface area contributed by atoms with E-state index < -0.39 is 23.9 Å². The highest BCUT2D eigenvalue weighted by Gasteiger charge is 2.20. The smallest absolute Gasteiger partial charge is 0.326 e. The molecule has 0 bridgehead atoms. The Morgan fingerprint density at radius 1 is 1.37 bits per heavy atom. The monoisotopic (exact) mass is 303 g/mol. The summed E-state index contributed by atoms with van der Waals surface area (Å²) in [6.07, 6.45) is -0.421. The van der Waals surface area contributed by atoms with Gasteiger partial charge in [0.05, 0.1) is 9.96 Å². The number of carbonyl (C=O) groups excluding carboxylic acids is 1. The van der Waals surface area contributed by atoms with E-state index >= 15 is 0 Å². The van der Waals surface area contributed by atoms with Crippen LogP contribution in [0.5, 0.6) is 0 Å². The molecular formula is C11H13NO5S2. The van der Waals surface area contributed by atoms with E-state index in [1.165, 1.54) is 23.1 Å². The number of nitrogens with one attached hydrogen (secondary N) is 1. The van der Waals surface area contributed by atoms with Crippen LogP contribution >= 0.6 is 23.1 Å². The van der Waals surface area contributed by atoms with Gasteiger partial charge in [0.2, 0.25) is 5.91 Å². The van der Waals surface area contributed by atoms with E-state index in [-0.39, 0.29) is 18.6 Å². The molecule has 1 aromatic rings. The van der Waals surface area contributed by atoms with Crippen molar-refractivity contribution < 1.29 is 24.6 Å². The molecule has 1 aromatic heterocycles. The van der Waals surface area contributed by atoms with Gasteiger partial charge in [-0.05, 0) is 17.9 Å². The van der Waals surface area contributed by atoms with Crippen molar-refractivity contribution in [2.24, 2.45) is 0 Å². The summed E-state index contributed by atoms with van der Waals surface area (Å²) in [6.45, 7) is 0. The van der Waals surface area contributed by atoms with E-state index in [1.54, 1.807) is 0 Å². The maximum Gasteiger partial charge on any atom is 0.326 e. The lowest BCUT2D eigenvalue weighted by Gasteiger charge is -2.13. The number of aliphatic carboxylic acids is 2. The van der Waals surface area contributed by atoms with E-state index in [9.17, 15) is 14.4 Å². The molecule has 3 N–H and O–H groups in total. The number of hydrogen-bond donors (Lipinski definition) is 3. The number of carboxylic acid groups (broad SMARTS) is 2. The predicted molar refractivity (Wildman–Crippen MR) is 71.5 cm³/mol. The third kappa shape index (κ3) is 6.25. The average molecular weight is 303 g/mol. The van der Waals surface area contributed by atoms with Crippen molar-refractivity contribution in [3.05, 3.63) is 17.5 Å². The zero-order chi connectivity index (χ0) is 14.3. The topological polar surface area (TPSA) is 104 Å². The average Bonchev–Trinajstić information content (AvgIpc) is 2.84. The van der Waals surface area contributed by atoms with Gasteiger partial charge in [-0.25, -0.2) is 4.79 Å². The van der Waals surface area contributed by atoms with Crippen LogP contribution < -0.4 is 5.32 Å². The van der Waals surface area contributed by atoms with Gasteiger partial charge in [0.1, 0.15) is 6.04 Å². The summed E-state index contributed by atoms with van der Waals surface area (Å²) in [5.41, 5.74) is 0. The highest BCUT2D eigenvalue weighted by atomic mass is 32.2. The Labute approximate surface area is 117 Å². The normalized spacial score (nSPS) is 11.8. The summed E-state index contributed by atoms with van der Waals surface area (Å²) >= 11 is 2.80. The van der Waals surface area contributed by atoms with Crippen LogP contribution in [-0.2, 0) is 14.4 Å². The zero-order valence-electron chi connectivity index (χ0n) is 9.87. The van der Waals surface area contributed by atoms with E-state index in [0.29, 0.717) is 0 Å². The Kier molecular flexibility index (Phi) is 6.37. The quantitative estimate of drug-likeness (QED) is 0.625. The van der Waals surface area contributed by atoms with Crippen LogP contribution in [0.4, 0.5) is 0 Å². The van der Waals surface area contributed by atoms with E-state index in [2.05, 4.69) is 5.32 Å². The van der Waals surface area contributed by atoms with Crippen molar-refractivity contribution in [3.8, 4) is 0 Å². The molecule has 0 aliphatic rings. The number of hydrogen-bond acceptors (Lipinski definition) is 5. The number of thiophene rings is 1. The van der Waals surface area contributed by atoms with Crippen LogP contribution in [-0.4, -0.2) is 39.9 Å². The Morgan fingerprint density at radius 2 is 2.11 bits per heavy atom. The van der Waals surface area contributed by atoms with Gasteiger partial charge in [-0.2, -0.15) is 0 Å². The second-order valence-electron chi connectivity index (χ2n) is 3.61. The SMILES string of the molecule is O=C(O)CCC(NC(=O)CSc1cccs1)C(=O)O. The highest BCUT2D eigenvalue weighted by molar-refractivity contribution is 8.01. The maximum absolute atomic E-state index is 11.6. The predicted octanol–water partition coefficient (Wildman–Crippen LogP) is 1.27. The summed E-state index contributed by atoms with van der Waals surface area (Å²) in [4.78, 5) is 32.8. The van der Waals surface area contributed by atoms with Crippen molar-refractivity contribution >= 4 is 40.9 Å². The number of amides is 1. The number of carbonyl (C=O) groups is 3. The molecule has 1 unspecified atom stereocenters. The fourth-order valence-corrected chi connectivity index (χ4v) is 2.84. The van der Waals surface area contributed by atoms with Crippen molar-refractivity contribution in [3.63, 3.8) is 0 Å². The minimum absolute atomic E-state index is 0.108. The first kappa shape index (κ1) is 15.5. The molecule has 0 fully saturated rings. The molecule has 8 heteroatoms. The van der Waals surface area contributed by atoms with Crippen molar-refractivity contribution in [1.29, 1.82) is 0 Å². The fraction of sp³-hybridized carbons (Fsp3) is 0.364. The molecule has 19 heavy (non-hydrogen) atoms. The minimum Gasteiger partial charge on any atom is -0.481 e. The van der Waals surface area contributed by atoms with Gasteiger partial charge >= 0.3 is 11.9 Å². The van der Waals surface area contributed by atoms with Crippen LogP contribution in [0.15, 0.2) is 21.7 Å². The van der Waals surface area contributed by atoms with Crippen LogP contribution in [0.2, 0.25) is 0 Å². The van der Waals surface area contributed by atoms with Crippen molar-refractivity contribution in [1.82, 2.24) is 5.32 Å². The lowest BCUT2D eigenvalue weighted by atomic mass is 10.1. The molecule has 1 amide bonds. The summed E-state index contributed by atoms with van der Waals surface area (Å²) in [7, 11) is 0. The minimum atomic E-state index is -1.23. The Bertz CT molecular complexity index is 446. The van der Waals surface area contributed by atoms with E-state index in [0.717, 1.165) is 4.21 Å². The molecular weight excluding hydrogens is 290 g/mol. The molecule has 6 nitrogen and oxygen atoms in total. The summed E-state index contributed by atoms with van der Waals surface area (Å²) in [6, 6.07) is 2.56. The lowest BCUT2D eigenvalue weighted by molar-refractivity contribution is -0.142. The molecule has 0 saturated carbocycles. The van der Waals surface area contributed by atoms with Gasteiger partial charge in [-0.1, -0.05) is 6.07 Å². The summed E-state index contributed by atoms with van der Waals surface area (Å²) in [5, 5.41) is 21.6. The lowest BCUT2D eigenvalue weighted by Crippen LogP contribution is -2.41. The van der Waals surface area contributed by atoms with Gasteiger partial charge in [0.15, 0.2) is 0 Å². The first-order valence-corrected chi connectivity index (χ1v) is 7.26. The van der Waals surface area contributed by atoms with Gasteiger partial charge in [-0.15, -0.1) is 23.1 Å². The van der Waals surface area contributed by atoms with Crippen LogP contribution in [0.25, 0.3) is 0 Å². The van der Waals surface area contributed by atoms with Crippen LogP contribution in [0, 0.1) is 0 Å². The second kappa shape index (κ2) is 7.80. The molecule has 1 heterocycles. The fourth-order valence-electron chi connectivity index (χ4n) is 1.24. The second-order valence-corrected chi connectivity index (χ2v) is 5.83. The van der Waals surface area contributed by atoms with Gasteiger partial charge < -0.3 is 15.5 Å². The summed E-state index contributed by atoms with van der Waals surface area (Å²) < 4.78 is 0.965. The van der Waals surface area contributed by atoms with Crippen LogP contribution in [0.1, 0.15) is 12.8 Å². The molecule has 1 atom stereocenters. The molecule has 0 aliphatic carbocycles. The molecule has 0 radical (unpaired) electrons. The van der Waals surface area contributed by atoms with Gasteiger partial charge in [0.25, 0.3) is 0 Å². The molecule has 104 valence electrons. The largest absolute Gasteiger partial charge is 0.481 e. The Balaban J connectivity index is 2.38. The van der Waals surface area contributed by atoms with Crippen molar-refractivity contribution in [2.45, 2.75) is 23.1 Å². The molecule has 0 aliphatic heterocycles. The molecule has 0 aromatic carbocycles. The summed E-state index contributed by atoms with van der Waals surface area (Å²) in [5.74, 6) is -2.63. The number of thioether (sulfide) groups is 1. The molecule has 0 spiro atoms.